The maximum absolute atomic E-state index is 13.2. The lowest BCUT2D eigenvalue weighted by molar-refractivity contribution is -0.119. The zero-order chi connectivity index (χ0) is 22.0. The number of carbonyl (C=O) groups excluding carboxylic acids is 1. The maximum Gasteiger partial charge on any atom is 0.205 e. The van der Waals surface area contributed by atoms with Crippen molar-refractivity contribution in [1.29, 1.82) is 5.26 Å². The molecule has 2 aliphatic heterocycles. The van der Waals surface area contributed by atoms with Gasteiger partial charge in [0.2, 0.25) is 5.88 Å². The summed E-state index contributed by atoms with van der Waals surface area (Å²) in [5.41, 5.74) is 10.4. The summed E-state index contributed by atoms with van der Waals surface area (Å²) in [6.07, 6.45) is 2.13. The number of benzene rings is 1. The van der Waals surface area contributed by atoms with Crippen molar-refractivity contribution < 1.29 is 9.53 Å². The van der Waals surface area contributed by atoms with Crippen molar-refractivity contribution in [2.24, 2.45) is 11.1 Å². The average molecular weight is 406 g/mol. The number of allylic oxidation sites excluding steroid dienone is 3. The third-order valence-electron chi connectivity index (χ3n) is 7.07. The second kappa shape index (κ2) is 6.63. The molecule has 158 valence electrons. The molecule has 0 aromatic heterocycles. The van der Waals surface area contributed by atoms with E-state index in [0.717, 1.165) is 12.0 Å². The van der Waals surface area contributed by atoms with Gasteiger partial charge in [0.05, 0.1) is 5.92 Å². The number of nitriles is 1. The third-order valence-corrected chi connectivity index (χ3v) is 7.07. The summed E-state index contributed by atoms with van der Waals surface area (Å²) in [6.45, 7) is 10.9. The zero-order valence-electron chi connectivity index (χ0n) is 18.8. The predicted molar refractivity (Wildman–Crippen MR) is 118 cm³/mol. The van der Waals surface area contributed by atoms with E-state index in [9.17, 15) is 10.1 Å². The van der Waals surface area contributed by atoms with Gasteiger partial charge in [0, 0.05) is 36.7 Å². The minimum absolute atomic E-state index is 0.0514. The van der Waals surface area contributed by atoms with E-state index in [1.54, 1.807) is 0 Å². The van der Waals surface area contributed by atoms with Crippen LogP contribution in [0.5, 0.6) is 0 Å². The largest absolute Gasteiger partial charge is 0.444 e. The highest BCUT2D eigenvalue weighted by atomic mass is 16.5. The van der Waals surface area contributed by atoms with Crippen LogP contribution in [0.3, 0.4) is 0 Å². The summed E-state index contributed by atoms with van der Waals surface area (Å²) in [5, 5.41) is 9.86. The fourth-order valence-electron chi connectivity index (χ4n) is 5.39. The van der Waals surface area contributed by atoms with Crippen molar-refractivity contribution in [3.63, 3.8) is 0 Å². The van der Waals surface area contributed by atoms with Crippen LogP contribution >= 0.6 is 0 Å². The summed E-state index contributed by atoms with van der Waals surface area (Å²) in [5.74, 6) is 0.723. The first kappa shape index (κ1) is 20.5. The topological polar surface area (TPSA) is 79.3 Å². The highest BCUT2D eigenvalue weighted by molar-refractivity contribution is 6.00. The Balaban J connectivity index is 1.87. The molecule has 2 heterocycles. The molecule has 1 aromatic carbocycles. The average Bonchev–Trinajstić information content (AvgIpc) is 2.63. The van der Waals surface area contributed by atoms with Crippen LogP contribution in [0.15, 0.2) is 41.0 Å². The number of hydrogen-bond acceptors (Lipinski definition) is 5. The molecule has 4 rings (SSSR count). The highest BCUT2D eigenvalue weighted by Gasteiger charge is 2.43. The zero-order valence-corrected chi connectivity index (χ0v) is 18.8. The number of ketones is 1. The summed E-state index contributed by atoms with van der Waals surface area (Å²) >= 11 is 0. The Kier molecular flexibility index (Phi) is 4.54. The van der Waals surface area contributed by atoms with Gasteiger partial charge in [-0.25, -0.2) is 0 Å². The normalized spacial score (nSPS) is 27.2. The molecule has 0 saturated carbocycles. The Bertz CT molecular complexity index is 1040. The molecule has 30 heavy (non-hydrogen) atoms. The molecule has 5 heteroatoms. The second-order valence-electron chi connectivity index (χ2n) is 10.5. The molecule has 0 saturated heterocycles. The lowest BCUT2D eigenvalue weighted by atomic mass is 9.69. The van der Waals surface area contributed by atoms with Crippen LogP contribution in [0.2, 0.25) is 0 Å². The SMILES string of the molecule is C[C@H]1CC(C)(C)N(C)c2ccc([C@@H]3C(C#N)=C(N)OC4=C3C(=O)CC(C)(C)C4)cc21. The van der Waals surface area contributed by atoms with E-state index in [-0.39, 0.29) is 22.6 Å². The standard InChI is InChI=1S/C25H31N3O2/c1-14-10-25(4,5)28(6)18-8-7-15(9-16(14)18)21-17(13-26)23(27)30-20-12-24(2,3)11-19(29)22(20)21/h7-9,14,21H,10-12,27H2,1-6H3/t14-,21+/m0/s1. The number of nitrogens with zero attached hydrogens (tertiary/aromatic N) is 2. The molecule has 1 aliphatic carbocycles. The van der Waals surface area contributed by atoms with E-state index >= 15 is 0 Å². The van der Waals surface area contributed by atoms with Crippen LogP contribution < -0.4 is 10.6 Å². The summed E-state index contributed by atoms with van der Waals surface area (Å²) in [4.78, 5) is 15.5. The first-order valence-electron chi connectivity index (χ1n) is 10.7. The fourth-order valence-corrected chi connectivity index (χ4v) is 5.39. The van der Waals surface area contributed by atoms with Crippen molar-refractivity contribution in [2.45, 2.75) is 71.3 Å². The number of hydrogen-bond donors (Lipinski definition) is 1. The highest BCUT2D eigenvalue weighted by Crippen LogP contribution is 2.50. The van der Waals surface area contributed by atoms with Gasteiger partial charge in [0.25, 0.3) is 0 Å². The predicted octanol–water partition coefficient (Wildman–Crippen LogP) is 4.86. The molecule has 2 atom stereocenters. The quantitative estimate of drug-likeness (QED) is 0.722. The van der Waals surface area contributed by atoms with Gasteiger partial charge in [-0.1, -0.05) is 32.9 Å². The molecule has 0 radical (unpaired) electrons. The lowest BCUT2D eigenvalue weighted by Crippen LogP contribution is -2.45. The molecule has 5 nitrogen and oxygen atoms in total. The maximum atomic E-state index is 13.2. The van der Waals surface area contributed by atoms with E-state index in [4.69, 9.17) is 10.5 Å². The van der Waals surface area contributed by atoms with E-state index in [2.05, 4.69) is 64.8 Å². The van der Waals surface area contributed by atoms with E-state index in [0.29, 0.717) is 35.7 Å². The van der Waals surface area contributed by atoms with Crippen LogP contribution in [0.25, 0.3) is 0 Å². The van der Waals surface area contributed by atoms with Gasteiger partial charge in [0.15, 0.2) is 5.78 Å². The van der Waals surface area contributed by atoms with Gasteiger partial charge >= 0.3 is 0 Å². The van der Waals surface area contributed by atoms with Crippen LogP contribution in [0, 0.1) is 16.7 Å². The van der Waals surface area contributed by atoms with Crippen molar-refractivity contribution in [1.82, 2.24) is 0 Å². The fraction of sp³-hybridized carbons (Fsp3) is 0.520. The van der Waals surface area contributed by atoms with Gasteiger partial charge in [-0.2, -0.15) is 5.26 Å². The molecule has 3 aliphatic rings. The lowest BCUT2D eigenvalue weighted by Gasteiger charge is -2.45. The van der Waals surface area contributed by atoms with Crippen LogP contribution in [-0.4, -0.2) is 18.4 Å². The number of nitrogens with two attached hydrogens (primary N) is 1. The van der Waals surface area contributed by atoms with Crippen molar-refractivity contribution in [3.05, 3.63) is 52.1 Å². The van der Waals surface area contributed by atoms with Crippen LogP contribution in [0.4, 0.5) is 5.69 Å². The van der Waals surface area contributed by atoms with Gasteiger partial charge < -0.3 is 15.4 Å². The number of rotatable bonds is 1. The molecule has 2 N–H and O–H groups in total. The summed E-state index contributed by atoms with van der Waals surface area (Å²) < 4.78 is 5.82. The first-order chi connectivity index (χ1) is 13.9. The monoisotopic (exact) mass is 405 g/mol. The van der Waals surface area contributed by atoms with Gasteiger partial charge in [-0.3, -0.25) is 4.79 Å². The smallest absolute Gasteiger partial charge is 0.205 e. The Morgan fingerprint density at radius 2 is 1.93 bits per heavy atom. The molecule has 0 bridgehead atoms. The van der Waals surface area contributed by atoms with Gasteiger partial charge in [-0.15, -0.1) is 0 Å². The van der Waals surface area contributed by atoms with Crippen molar-refractivity contribution in [2.75, 3.05) is 11.9 Å². The minimum Gasteiger partial charge on any atom is -0.444 e. The Morgan fingerprint density at radius 1 is 1.23 bits per heavy atom. The molecule has 0 spiro atoms. The Labute approximate surface area is 179 Å². The van der Waals surface area contributed by atoms with Crippen molar-refractivity contribution >= 4 is 11.5 Å². The molecule has 1 aromatic rings. The molecule has 0 unspecified atom stereocenters. The minimum atomic E-state index is -0.458. The number of ether oxygens (including phenoxy) is 1. The second-order valence-corrected chi connectivity index (χ2v) is 10.5. The van der Waals surface area contributed by atoms with Crippen LogP contribution in [-0.2, 0) is 9.53 Å². The Hall–Kier alpha value is -2.74. The van der Waals surface area contributed by atoms with E-state index in [1.165, 1.54) is 11.3 Å². The molecular formula is C25H31N3O2. The van der Waals surface area contributed by atoms with Crippen LogP contribution in [0.1, 0.15) is 76.8 Å². The first-order valence-corrected chi connectivity index (χ1v) is 10.7. The third kappa shape index (κ3) is 3.10. The van der Waals surface area contributed by atoms with Gasteiger partial charge in [0.1, 0.15) is 17.4 Å². The molecule has 0 amide bonds. The van der Waals surface area contributed by atoms with E-state index in [1.807, 2.05) is 6.07 Å². The van der Waals surface area contributed by atoms with Crippen molar-refractivity contribution in [3.8, 4) is 6.07 Å². The van der Waals surface area contributed by atoms with Gasteiger partial charge in [-0.05, 0) is 48.8 Å². The summed E-state index contributed by atoms with van der Waals surface area (Å²) in [7, 11) is 2.13. The molecule has 0 fully saturated rings. The van der Waals surface area contributed by atoms with E-state index < -0.39 is 5.92 Å². The number of carbonyl (C=O) groups is 1. The number of Topliss-reactive ketones (excluding diaryl/α,β-unsaturated/α-hetero) is 1. The number of fused-ring (bicyclic) bond motifs is 1. The molecular weight excluding hydrogens is 374 g/mol. The number of anilines is 1. The summed E-state index contributed by atoms with van der Waals surface area (Å²) in [6, 6.07) is 8.56. The Morgan fingerprint density at radius 3 is 2.60 bits per heavy atom.